The molecule has 0 aliphatic carbocycles. The van der Waals surface area contributed by atoms with Gasteiger partial charge in [0, 0.05) is 14.2 Å². The first kappa shape index (κ1) is 12.8. The first-order chi connectivity index (χ1) is 7.47. The van der Waals surface area contributed by atoms with Gasteiger partial charge < -0.3 is 9.84 Å². The van der Waals surface area contributed by atoms with E-state index >= 15 is 0 Å². The number of hydrogen-bond donors (Lipinski definition) is 1. The lowest BCUT2D eigenvalue weighted by Crippen LogP contribution is -2.30. The molecule has 0 saturated carbocycles. The smallest absolute Gasteiger partial charge is 0.237 e. The third kappa shape index (κ3) is 3.11. The van der Waals surface area contributed by atoms with Gasteiger partial charge in [-0.15, -0.1) is 0 Å². The number of hydrogen-bond acceptors (Lipinski definition) is 4. The van der Waals surface area contributed by atoms with Crippen molar-refractivity contribution in [3.8, 4) is 5.75 Å². The van der Waals surface area contributed by atoms with Gasteiger partial charge in [-0.05, 0) is 24.3 Å². The number of phenols is 1. The van der Waals surface area contributed by atoms with Crippen molar-refractivity contribution in [3.05, 3.63) is 24.3 Å². The Balaban J connectivity index is 2.84. The fraction of sp³-hybridized carbons (Fsp3) is 0.400. The molecule has 1 rings (SSSR count). The first-order valence-corrected chi connectivity index (χ1v) is 6.33. The Labute approximate surface area is 95.3 Å². The lowest BCUT2D eigenvalue weighted by Gasteiger charge is -2.19. The zero-order valence-corrected chi connectivity index (χ0v) is 10.1. The molecule has 6 heteroatoms. The van der Waals surface area contributed by atoms with E-state index in [4.69, 9.17) is 9.84 Å². The molecular weight excluding hydrogens is 230 g/mol. The van der Waals surface area contributed by atoms with Gasteiger partial charge in [-0.25, -0.2) is 8.42 Å². The van der Waals surface area contributed by atoms with E-state index < -0.39 is 10.0 Å². The van der Waals surface area contributed by atoms with Crippen molar-refractivity contribution < 1.29 is 18.3 Å². The third-order valence-electron chi connectivity index (χ3n) is 2.18. The van der Waals surface area contributed by atoms with Crippen LogP contribution in [0.2, 0.25) is 0 Å². The summed E-state index contributed by atoms with van der Waals surface area (Å²) in [6.45, 7) is 0.157. The highest BCUT2D eigenvalue weighted by Crippen LogP contribution is 2.19. The van der Waals surface area contributed by atoms with Crippen LogP contribution >= 0.6 is 0 Å². The van der Waals surface area contributed by atoms with Gasteiger partial charge in [0.1, 0.15) is 5.75 Å². The topological polar surface area (TPSA) is 66.8 Å². The minimum atomic E-state index is -3.36. The Bertz CT molecular complexity index is 427. The van der Waals surface area contributed by atoms with Gasteiger partial charge >= 0.3 is 0 Å². The SMILES string of the molecule is COCCS(=O)(=O)N(C)c1ccc(O)cc1. The van der Waals surface area contributed by atoms with E-state index in [-0.39, 0.29) is 18.1 Å². The van der Waals surface area contributed by atoms with Gasteiger partial charge in [-0.1, -0.05) is 0 Å². The van der Waals surface area contributed by atoms with Crippen molar-refractivity contribution in [2.75, 3.05) is 30.8 Å². The lowest BCUT2D eigenvalue weighted by molar-refractivity contribution is 0.217. The number of methoxy groups -OCH3 is 1. The number of rotatable bonds is 5. The molecule has 0 amide bonds. The van der Waals surface area contributed by atoms with Crippen LogP contribution in [0.25, 0.3) is 0 Å². The van der Waals surface area contributed by atoms with Crippen LogP contribution in [0.4, 0.5) is 5.69 Å². The predicted molar refractivity (Wildman–Crippen MR) is 62.2 cm³/mol. The Kier molecular flexibility index (Phi) is 4.14. The first-order valence-electron chi connectivity index (χ1n) is 4.72. The van der Waals surface area contributed by atoms with E-state index in [9.17, 15) is 8.42 Å². The minimum absolute atomic E-state index is 0.0686. The van der Waals surface area contributed by atoms with Crippen LogP contribution in [0.5, 0.6) is 5.75 Å². The van der Waals surface area contributed by atoms with E-state index in [1.807, 2.05) is 0 Å². The summed E-state index contributed by atoms with van der Waals surface area (Å²) in [7, 11) is -0.438. The number of sulfonamides is 1. The van der Waals surface area contributed by atoms with E-state index in [1.165, 1.54) is 30.6 Å². The standard InChI is InChI=1S/C10H15NO4S/c1-11(16(13,14)8-7-15-2)9-3-5-10(12)6-4-9/h3-6,12H,7-8H2,1-2H3. The fourth-order valence-electron chi connectivity index (χ4n) is 1.15. The average molecular weight is 245 g/mol. The molecule has 0 fully saturated rings. The van der Waals surface area contributed by atoms with Gasteiger partial charge in [0.2, 0.25) is 10.0 Å². The Hall–Kier alpha value is -1.27. The summed E-state index contributed by atoms with van der Waals surface area (Å²) < 4.78 is 29.4. The van der Waals surface area contributed by atoms with E-state index in [1.54, 1.807) is 12.1 Å². The summed E-state index contributed by atoms with van der Waals surface area (Å²) in [6.07, 6.45) is 0. The van der Waals surface area contributed by atoms with Crippen molar-refractivity contribution in [1.29, 1.82) is 0 Å². The van der Waals surface area contributed by atoms with Gasteiger partial charge in [-0.3, -0.25) is 4.31 Å². The number of aromatic hydroxyl groups is 1. The van der Waals surface area contributed by atoms with Gasteiger partial charge in [-0.2, -0.15) is 0 Å². The molecule has 1 aromatic carbocycles. The Morgan fingerprint density at radius 2 is 1.88 bits per heavy atom. The quantitative estimate of drug-likeness (QED) is 0.833. The average Bonchev–Trinajstić information content (AvgIpc) is 2.26. The van der Waals surface area contributed by atoms with Crippen LogP contribution in [0, 0.1) is 0 Å². The van der Waals surface area contributed by atoms with Gasteiger partial charge in [0.15, 0.2) is 0 Å². The zero-order valence-electron chi connectivity index (χ0n) is 9.25. The molecule has 0 aliphatic heterocycles. The number of anilines is 1. The van der Waals surface area contributed by atoms with E-state index in [0.717, 1.165) is 0 Å². The summed E-state index contributed by atoms with van der Waals surface area (Å²) in [5.74, 6) is 0.0346. The molecule has 0 spiro atoms. The Morgan fingerprint density at radius 3 is 2.38 bits per heavy atom. The molecule has 5 nitrogen and oxygen atoms in total. The highest BCUT2D eigenvalue weighted by molar-refractivity contribution is 7.92. The van der Waals surface area contributed by atoms with Crippen LogP contribution in [0.1, 0.15) is 0 Å². The van der Waals surface area contributed by atoms with E-state index in [2.05, 4.69) is 0 Å². The number of nitrogens with zero attached hydrogens (tertiary/aromatic N) is 1. The lowest BCUT2D eigenvalue weighted by atomic mass is 10.3. The summed E-state index contributed by atoms with van der Waals surface area (Å²) in [5.41, 5.74) is 0.508. The largest absolute Gasteiger partial charge is 0.508 e. The summed E-state index contributed by atoms with van der Waals surface area (Å²) in [6, 6.07) is 5.97. The normalized spacial score (nSPS) is 11.4. The maximum absolute atomic E-state index is 11.8. The monoisotopic (exact) mass is 245 g/mol. The second-order valence-corrected chi connectivity index (χ2v) is 5.41. The molecule has 0 unspecified atom stereocenters. The highest BCUT2D eigenvalue weighted by atomic mass is 32.2. The van der Waals surface area contributed by atoms with Crippen molar-refractivity contribution >= 4 is 15.7 Å². The molecule has 0 atom stereocenters. The maximum atomic E-state index is 11.8. The van der Waals surface area contributed by atoms with Crippen molar-refractivity contribution in [2.45, 2.75) is 0 Å². The van der Waals surface area contributed by atoms with Crippen LogP contribution in [0.15, 0.2) is 24.3 Å². The van der Waals surface area contributed by atoms with Gasteiger partial charge in [0.25, 0.3) is 0 Å². The molecule has 0 bridgehead atoms. The van der Waals surface area contributed by atoms with Crippen molar-refractivity contribution in [3.63, 3.8) is 0 Å². The minimum Gasteiger partial charge on any atom is -0.508 e. The van der Waals surface area contributed by atoms with Crippen LogP contribution in [-0.2, 0) is 14.8 Å². The molecule has 0 saturated heterocycles. The van der Waals surface area contributed by atoms with Gasteiger partial charge in [0.05, 0.1) is 18.0 Å². The van der Waals surface area contributed by atoms with Crippen LogP contribution < -0.4 is 4.31 Å². The summed E-state index contributed by atoms with van der Waals surface area (Å²) >= 11 is 0. The molecule has 1 aromatic rings. The number of phenolic OH excluding ortho intramolecular Hbond substituents is 1. The molecule has 90 valence electrons. The van der Waals surface area contributed by atoms with E-state index in [0.29, 0.717) is 5.69 Å². The van der Waals surface area contributed by atoms with Crippen molar-refractivity contribution in [2.24, 2.45) is 0 Å². The van der Waals surface area contributed by atoms with Crippen LogP contribution in [0.3, 0.4) is 0 Å². The summed E-state index contributed by atoms with van der Waals surface area (Å²) in [5, 5.41) is 9.09. The Morgan fingerprint density at radius 1 is 1.31 bits per heavy atom. The zero-order chi connectivity index (χ0) is 12.2. The maximum Gasteiger partial charge on any atom is 0.237 e. The second kappa shape index (κ2) is 5.18. The molecule has 0 aliphatic rings. The number of benzene rings is 1. The van der Waals surface area contributed by atoms with Crippen molar-refractivity contribution in [1.82, 2.24) is 0 Å². The number of ether oxygens (including phenoxy) is 1. The summed E-state index contributed by atoms with van der Waals surface area (Å²) in [4.78, 5) is 0. The molecule has 0 radical (unpaired) electrons. The predicted octanol–water partition coefficient (Wildman–Crippen LogP) is 0.805. The molecule has 1 N–H and O–H groups in total. The fourth-order valence-corrected chi connectivity index (χ4v) is 2.24. The molecule has 16 heavy (non-hydrogen) atoms. The third-order valence-corrected chi connectivity index (χ3v) is 3.90. The van der Waals surface area contributed by atoms with Crippen LogP contribution in [-0.4, -0.2) is 40.0 Å². The molecule has 0 aromatic heterocycles. The second-order valence-electron chi connectivity index (χ2n) is 3.29. The highest BCUT2D eigenvalue weighted by Gasteiger charge is 2.17. The molecule has 0 heterocycles. The molecular formula is C10H15NO4S.